The molecule has 0 saturated heterocycles. The second kappa shape index (κ2) is 9.68. The number of methoxy groups -OCH3 is 1. The number of carbonyl (C=O) groups is 3. The van der Waals surface area contributed by atoms with Gasteiger partial charge in [-0.2, -0.15) is 0 Å². The molecule has 0 bridgehead atoms. The number of rotatable bonds is 7. The Kier molecular flexibility index (Phi) is 7.30. The molecule has 0 aliphatic heterocycles. The second-order valence-electron chi connectivity index (χ2n) is 6.49. The van der Waals surface area contributed by atoms with Crippen molar-refractivity contribution in [3.05, 3.63) is 58.9 Å². The van der Waals surface area contributed by atoms with Crippen molar-refractivity contribution < 1.29 is 28.2 Å². The van der Waals surface area contributed by atoms with Gasteiger partial charge in [-0.1, -0.05) is 18.2 Å². The molecule has 2 rings (SSSR count). The first kappa shape index (κ1) is 21.9. The van der Waals surface area contributed by atoms with Crippen LogP contribution in [0.25, 0.3) is 0 Å². The molecule has 0 unspecified atom stereocenters. The van der Waals surface area contributed by atoms with E-state index in [-0.39, 0.29) is 23.8 Å². The lowest BCUT2D eigenvalue weighted by molar-refractivity contribution is -0.136. The normalized spacial score (nSPS) is 10.2. The number of ether oxygens (including phenoxy) is 2. The zero-order valence-corrected chi connectivity index (χ0v) is 16.7. The summed E-state index contributed by atoms with van der Waals surface area (Å²) in [5.74, 6) is -2.51. The van der Waals surface area contributed by atoms with Crippen LogP contribution >= 0.6 is 0 Å². The van der Waals surface area contributed by atoms with Gasteiger partial charge in [-0.3, -0.25) is 9.59 Å². The number of amides is 2. The largest absolute Gasteiger partial charge is 0.494 e. The molecule has 0 heterocycles. The Morgan fingerprint density at radius 3 is 2.34 bits per heavy atom. The Morgan fingerprint density at radius 1 is 1.10 bits per heavy atom. The number of esters is 1. The van der Waals surface area contributed by atoms with E-state index in [2.05, 4.69) is 5.32 Å². The van der Waals surface area contributed by atoms with Crippen LogP contribution in [0.15, 0.2) is 36.4 Å². The highest BCUT2D eigenvalue weighted by Crippen LogP contribution is 2.19. The molecule has 0 aromatic heterocycles. The molecule has 0 aliphatic rings. The molecule has 0 fully saturated rings. The highest BCUT2D eigenvalue weighted by Gasteiger charge is 2.18. The van der Waals surface area contributed by atoms with Gasteiger partial charge < -0.3 is 19.7 Å². The summed E-state index contributed by atoms with van der Waals surface area (Å²) in [5, 5.41) is 2.78. The lowest BCUT2D eigenvalue weighted by atomic mass is 10.1. The minimum absolute atomic E-state index is 0.00717. The fraction of sp³-hybridized carbons (Fsp3) is 0.286. The van der Waals surface area contributed by atoms with Gasteiger partial charge in [0.2, 0.25) is 5.91 Å². The predicted molar refractivity (Wildman–Crippen MR) is 105 cm³/mol. The molecule has 2 amide bonds. The van der Waals surface area contributed by atoms with Crippen LogP contribution in [-0.2, 0) is 14.3 Å². The molecular weight excluding hydrogens is 379 g/mol. The summed E-state index contributed by atoms with van der Waals surface area (Å²) < 4.78 is 23.4. The number of nitrogens with zero attached hydrogens (tertiary/aromatic N) is 1. The third-order valence-electron chi connectivity index (χ3n) is 4.27. The Labute approximate surface area is 168 Å². The third kappa shape index (κ3) is 5.78. The van der Waals surface area contributed by atoms with Crippen LogP contribution in [0, 0.1) is 19.7 Å². The van der Waals surface area contributed by atoms with E-state index in [4.69, 9.17) is 9.47 Å². The number of halogens is 1. The molecular formula is C21H23FN2O5. The maximum absolute atomic E-state index is 13.7. The van der Waals surface area contributed by atoms with Crippen LogP contribution in [-0.4, -0.2) is 50.0 Å². The summed E-state index contributed by atoms with van der Waals surface area (Å²) in [5.41, 5.74) is 2.47. The Hall–Kier alpha value is -3.42. The van der Waals surface area contributed by atoms with Gasteiger partial charge in [0.15, 0.2) is 18.2 Å². The standard InChI is InChI=1S/C21H23FN2O5/c1-13-6-5-7-14(2)20(13)23-18(25)11-24(3)19(26)12-29-21(27)15-8-9-17(28-4)16(22)10-15/h5-10H,11-12H2,1-4H3,(H,23,25). The van der Waals surface area contributed by atoms with Crippen molar-refractivity contribution in [2.75, 3.05) is 32.6 Å². The lowest BCUT2D eigenvalue weighted by Gasteiger charge is -2.18. The minimum Gasteiger partial charge on any atom is -0.494 e. The van der Waals surface area contributed by atoms with Crippen molar-refractivity contribution in [3.63, 3.8) is 0 Å². The Morgan fingerprint density at radius 2 is 1.76 bits per heavy atom. The highest BCUT2D eigenvalue weighted by molar-refractivity contribution is 5.96. The van der Waals surface area contributed by atoms with Crippen LogP contribution in [0.1, 0.15) is 21.5 Å². The minimum atomic E-state index is -0.853. The molecule has 154 valence electrons. The number of para-hydroxylation sites is 1. The molecule has 0 atom stereocenters. The number of nitrogens with one attached hydrogen (secondary N) is 1. The number of carbonyl (C=O) groups excluding carboxylic acids is 3. The predicted octanol–water partition coefficient (Wildman–Crippen LogP) is 2.71. The third-order valence-corrected chi connectivity index (χ3v) is 4.27. The molecule has 0 aliphatic carbocycles. The molecule has 2 aromatic rings. The summed E-state index contributed by atoms with van der Waals surface area (Å²) in [7, 11) is 2.73. The van der Waals surface area contributed by atoms with Gasteiger partial charge >= 0.3 is 5.97 Å². The molecule has 0 spiro atoms. The van der Waals surface area contributed by atoms with E-state index in [1.807, 2.05) is 32.0 Å². The molecule has 8 heteroatoms. The van der Waals surface area contributed by atoms with Gasteiger partial charge in [-0.15, -0.1) is 0 Å². The number of hydrogen-bond donors (Lipinski definition) is 1. The maximum atomic E-state index is 13.7. The van der Waals surface area contributed by atoms with Gasteiger partial charge in [0.05, 0.1) is 19.2 Å². The topological polar surface area (TPSA) is 84.9 Å². The molecule has 2 aromatic carbocycles. The first-order valence-electron chi connectivity index (χ1n) is 8.83. The van der Waals surface area contributed by atoms with E-state index >= 15 is 0 Å². The van der Waals surface area contributed by atoms with Gasteiger partial charge in [0, 0.05) is 12.7 Å². The van der Waals surface area contributed by atoms with E-state index in [9.17, 15) is 18.8 Å². The van der Waals surface area contributed by atoms with Gasteiger partial charge in [-0.05, 0) is 43.2 Å². The fourth-order valence-corrected chi connectivity index (χ4v) is 2.61. The maximum Gasteiger partial charge on any atom is 0.338 e. The van der Waals surface area contributed by atoms with Gasteiger partial charge in [0.25, 0.3) is 5.91 Å². The Bertz CT molecular complexity index is 909. The van der Waals surface area contributed by atoms with Crippen molar-refractivity contribution in [1.29, 1.82) is 0 Å². The molecule has 7 nitrogen and oxygen atoms in total. The van der Waals surface area contributed by atoms with Crippen LogP contribution in [0.4, 0.5) is 10.1 Å². The van der Waals surface area contributed by atoms with E-state index in [0.717, 1.165) is 22.1 Å². The number of benzene rings is 2. The van der Waals surface area contributed by atoms with E-state index in [1.54, 1.807) is 0 Å². The SMILES string of the molecule is COc1ccc(C(=O)OCC(=O)N(C)CC(=O)Nc2c(C)cccc2C)cc1F. The summed E-state index contributed by atoms with van der Waals surface area (Å²) >= 11 is 0. The van der Waals surface area contributed by atoms with Gasteiger partial charge in [0.1, 0.15) is 0 Å². The molecule has 0 saturated carbocycles. The summed E-state index contributed by atoms with van der Waals surface area (Å²) in [6, 6.07) is 9.22. The van der Waals surface area contributed by atoms with Crippen LogP contribution in [0.5, 0.6) is 5.75 Å². The first-order chi connectivity index (χ1) is 13.7. The average Bonchev–Trinajstić information content (AvgIpc) is 2.68. The van der Waals surface area contributed by atoms with Crippen LogP contribution < -0.4 is 10.1 Å². The molecule has 29 heavy (non-hydrogen) atoms. The highest BCUT2D eigenvalue weighted by atomic mass is 19.1. The van der Waals surface area contributed by atoms with Crippen molar-refractivity contribution in [2.24, 2.45) is 0 Å². The second-order valence-corrected chi connectivity index (χ2v) is 6.49. The number of anilines is 1. The summed E-state index contributed by atoms with van der Waals surface area (Å²) in [4.78, 5) is 37.5. The van der Waals surface area contributed by atoms with Gasteiger partial charge in [-0.25, -0.2) is 9.18 Å². The number of aryl methyl sites for hydroxylation is 2. The quantitative estimate of drug-likeness (QED) is 0.720. The average molecular weight is 402 g/mol. The zero-order chi connectivity index (χ0) is 21.6. The van der Waals surface area contributed by atoms with Crippen molar-refractivity contribution in [3.8, 4) is 5.75 Å². The van der Waals surface area contributed by atoms with E-state index in [0.29, 0.717) is 5.69 Å². The molecule has 1 N–H and O–H groups in total. The first-order valence-corrected chi connectivity index (χ1v) is 8.83. The van der Waals surface area contributed by atoms with E-state index < -0.39 is 24.3 Å². The van der Waals surface area contributed by atoms with Crippen molar-refractivity contribution in [2.45, 2.75) is 13.8 Å². The van der Waals surface area contributed by atoms with Crippen molar-refractivity contribution in [1.82, 2.24) is 4.90 Å². The fourth-order valence-electron chi connectivity index (χ4n) is 2.61. The van der Waals surface area contributed by atoms with Crippen molar-refractivity contribution >= 4 is 23.5 Å². The van der Waals surface area contributed by atoms with E-state index in [1.165, 1.54) is 26.3 Å². The summed E-state index contributed by atoms with van der Waals surface area (Å²) in [6.45, 7) is 2.97. The number of hydrogen-bond acceptors (Lipinski definition) is 5. The van der Waals surface area contributed by atoms with Crippen LogP contribution in [0.2, 0.25) is 0 Å². The lowest BCUT2D eigenvalue weighted by Crippen LogP contribution is -2.37. The summed E-state index contributed by atoms with van der Waals surface area (Å²) in [6.07, 6.45) is 0. The van der Waals surface area contributed by atoms with Crippen LogP contribution in [0.3, 0.4) is 0 Å². The monoisotopic (exact) mass is 402 g/mol. The molecule has 0 radical (unpaired) electrons. The smallest absolute Gasteiger partial charge is 0.338 e. The Balaban J connectivity index is 1.87. The number of likely N-dealkylation sites (N-methyl/N-ethyl adjacent to an activating group) is 1. The zero-order valence-electron chi connectivity index (χ0n) is 16.7.